The van der Waals surface area contributed by atoms with Gasteiger partial charge in [-0.1, -0.05) is 42.3 Å². The molecule has 4 heteroatoms. The van der Waals surface area contributed by atoms with E-state index < -0.39 is 6.09 Å². The van der Waals surface area contributed by atoms with Gasteiger partial charge < -0.3 is 9.47 Å². The van der Waals surface area contributed by atoms with E-state index in [2.05, 4.69) is 24.0 Å². The minimum absolute atomic E-state index is 0.318. The van der Waals surface area contributed by atoms with Crippen LogP contribution < -0.4 is 9.64 Å². The Hall–Kier alpha value is -3.19. The predicted molar refractivity (Wildman–Crippen MR) is 108 cm³/mol. The average molecular weight is 361 g/mol. The second-order valence-corrected chi connectivity index (χ2v) is 6.10. The molecule has 0 N–H and O–H groups in total. The van der Waals surface area contributed by atoms with Crippen LogP contribution in [0.15, 0.2) is 54.6 Å². The Bertz CT molecular complexity index is 877. The zero-order valence-electron chi connectivity index (χ0n) is 15.6. The second-order valence-electron chi connectivity index (χ2n) is 6.10. The van der Waals surface area contributed by atoms with Crippen LogP contribution in [0.5, 0.6) is 5.75 Å². The smallest absolute Gasteiger partial charge is 0.415 e. The van der Waals surface area contributed by atoms with Crippen molar-refractivity contribution in [2.24, 2.45) is 0 Å². The van der Waals surface area contributed by atoms with Crippen LogP contribution in [0.3, 0.4) is 0 Å². The summed E-state index contributed by atoms with van der Waals surface area (Å²) < 4.78 is 10.5. The highest BCUT2D eigenvalue weighted by molar-refractivity contribution is 5.94. The van der Waals surface area contributed by atoms with Gasteiger partial charge in [-0.15, -0.1) is 5.92 Å². The maximum Gasteiger partial charge on any atom is 0.415 e. The Morgan fingerprint density at radius 1 is 1.19 bits per heavy atom. The number of ether oxygens (including phenoxy) is 2. The van der Waals surface area contributed by atoms with E-state index >= 15 is 0 Å². The van der Waals surface area contributed by atoms with Crippen molar-refractivity contribution in [3.8, 4) is 17.6 Å². The van der Waals surface area contributed by atoms with E-state index in [4.69, 9.17) is 9.47 Å². The van der Waals surface area contributed by atoms with Crippen molar-refractivity contribution in [2.75, 3.05) is 18.6 Å². The molecule has 27 heavy (non-hydrogen) atoms. The van der Waals surface area contributed by atoms with Crippen molar-refractivity contribution in [2.45, 2.75) is 25.8 Å². The quantitative estimate of drug-likeness (QED) is 0.742. The largest absolute Gasteiger partial charge is 0.497 e. The fourth-order valence-corrected chi connectivity index (χ4v) is 2.99. The van der Waals surface area contributed by atoms with Gasteiger partial charge in [-0.05, 0) is 43.2 Å². The van der Waals surface area contributed by atoms with Crippen LogP contribution in [-0.2, 0) is 11.2 Å². The molecule has 0 saturated heterocycles. The van der Waals surface area contributed by atoms with Crippen molar-refractivity contribution in [3.63, 3.8) is 0 Å². The average Bonchev–Trinajstić information content (AvgIpc) is 2.71. The summed E-state index contributed by atoms with van der Waals surface area (Å²) in [5.74, 6) is 7.16. The van der Waals surface area contributed by atoms with Gasteiger partial charge in [0.05, 0.1) is 19.4 Å². The van der Waals surface area contributed by atoms with Gasteiger partial charge in [-0.2, -0.15) is 0 Å². The third kappa shape index (κ3) is 4.51. The first kappa shape index (κ1) is 18.6. The molecule has 2 aromatic carbocycles. The van der Waals surface area contributed by atoms with Crippen LogP contribution in [-0.4, -0.2) is 25.9 Å². The molecular weight excluding hydrogens is 338 g/mol. The Balaban J connectivity index is 1.79. The summed E-state index contributed by atoms with van der Waals surface area (Å²) in [6.07, 6.45) is 5.13. The van der Waals surface area contributed by atoms with E-state index in [1.165, 1.54) is 5.56 Å². The van der Waals surface area contributed by atoms with E-state index in [-0.39, 0.29) is 6.04 Å². The van der Waals surface area contributed by atoms with Gasteiger partial charge in [-0.3, -0.25) is 4.90 Å². The van der Waals surface area contributed by atoms with Gasteiger partial charge >= 0.3 is 6.09 Å². The molecule has 0 aromatic heterocycles. The summed E-state index contributed by atoms with van der Waals surface area (Å²) in [5, 5.41) is 0. The first-order valence-corrected chi connectivity index (χ1v) is 9.07. The van der Waals surface area contributed by atoms with Crippen LogP contribution in [0, 0.1) is 11.8 Å². The number of fused-ring (bicyclic) bond motifs is 1. The molecule has 2 aromatic rings. The molecule has 0 fully saturated rings. The highest BCUT2D eigenvalue weighted by Crippen LogP contribution is 2.32. The molecule has 0 radical (unpaired) electrons. The van der Waals surface area contributed by atoms with E-state index in [1.54, 1.807) is 18.9 Å². The minimum atomic E-state index is -0.393. The fourth-order valence-electron chi connectivity index (χ4n) is 2.99. The highest BCUT2D eigenvalue weighted by atomic mass is 16.6. The molecule has 0 bridgehead atoms. The Morgan fingerprint density at radius 3 is 2.74 bits per heavy atom. The molecule has 4 nitrogen and oxygen atoms in total. The lowest BCUT2D eigenvalue weighted by Gasteiger charge is -2.30. The number of benzene rings is 2. The topological polar surface area (TPSA) is 38.8 Å². The number of hydrogen-bond donors (Lipinski definition) is 0. The summed E-state index contributed by atoms with van der Waals surface area (Å²) in [5.41, 5.74) is 2.94. The fraction of sp³-hybridized carbons (Fsp3) is 0.261. The molecule has 0 unspecified atom stereocenters. The zero-order valence-corrected chi connectivity index (χ0v) is 15.6. The predicted octanol–water partition coefficient (Wildman–Crippen LogP) is 4.69. The lowest BCUT2D eigenvalue weighted by Crippen LogP contribution is -2.41. The number of amides is 1. The van der Waals surface area contributed by atoms with Gasteiger partial charge in [-0.25, -0.2) is 4.79 Å². The zero-order chi connectivity index (χ0) is 19.1. The third-order valence-electron chi connectivity index (χ3n) is 4.33. The molecule has 1 atom stereocenters. The number of hydrogen-bond acceptors (Lipinski definition) is 3. The molecule has 0 saturated carbocycles. The second kappa shape index (κ2) is 8.95. The van der Waals surface area contributed by atoms with Gasteiger partial charge in [0.1, 0.15) is 11.8 Å². The lowest BCUT2D eigenvalue weighted by molar-refractivity contribution is 0.159. The molecule has 1 heterocycles. The summed E-state index contributed by atoms with van der Waals surface area (Å²) in [6, 6.07) is 15.5. The first-order valence-electron chi connectivity index (χ1n) is 9.07. The molecule has 1 aliphatic heterocycles. The first-order chi connectivity index (χ1) is 13.2. The SMILES string of the molecule is CCOC(=O)N1c2ccc(OC)cc2C=C[C@H]1C#CCCc1ccccc1. The molecular formula is C23H23NO3. The van der Waals surface area contributed by atoms with E-state index in [1.807, 2.05) is 48.6 Å². The van der Waals surface area contributed by atoms with Crippen LogP contribution >= 0.6 is 0 Å². The number of carbonyl (C=O) groups is 1. The Kier molecular flexibility index (Phi) is 6.17. The van der Waals surface area contributed by atoms with Gasteiger partial charge in [0.25, 0.3) is 0 Å². The number of carbonyl (C=O) groups excluding carboxylic acids is 1. The van der Waals surface area contributed by atoms with Gasteiger partial charge in [0.2, 0.25) is 0 Å². The molecule has 1 amide bonds. The summed E-state index contributed by atoms with van der Waals surface area (Å²) in [4.78, 5) is 14.2. The summed E-state index contributed by atoms with van der Waals surface area (Å²) in [7, 11) is 1.62. The Morgan fingerprint density at radius 2 is 2.00 bits per heavy atom. The van der Waals surface area contributed by atoms with Crippen LogP contribution in [0.1, 0.15) is 24.5 Å². The summed E-state index contributed by atoms with van der Waals surface area (Å²) >= 11 is 0. The third-order valence-corrected chi connectivity index (χ3v) is 4.33. The standard InChI is InChI=1S/C23H23NO3/c1-3-27-23(25)24-20(12-8-7-11-18-9-5-4-6-10-18)14-13-19-17-21(26-2)15-16-22(19)24/h4-6,9-10,13-17,20H,3,7,11H2,1-2H3/t20-/m1/s1. The highest BCUT2D eigenvalue weighted by Gasteiger charge is 2.28. The number of anilines is 1. The number of rotatable bonds is 4. The number of methoxy groups -OCH3 is 1. The molecule has 3 rings (SSSR count). The number of nitrogens with zero attached hydrogens (tertiary/aromatic N) is 1. The van der Waals surface area contributed by atoms with Crippen LogP contribution in [0.2, 0.25) is 0 Å². The van der Waals surface area contributed by atoms with Crippen molar-refractivity contribution in [3.05, 3.63) is 65.7 Å². The van der Waals surface area contributed by atoms with Crippen molar-refractivity contribution < 1.29 is 14.3 Å². The molecule has 1 aliphatic rings. The molecule has 138 valence electrons. The van der Waals surface area contributed by atoms with Crippen LogP contribution in [0.25, 0.3) is 6.08 Å². The summed E-state index contributed by atoms with van der Waals surface area (Å²) in [6.45, 7) is 2.12. The Labute approximate surface area is 160 Å². The maximum absolute atomic E-state index is 12.6. The van der Waals surface area contributed by atoms with E-state index in [0.717, 1.165) is 29.8 Å². The van der Waals surface area contributed by atoms with Crippen LogP contribution in [0.4, 0.5) is 10.5 Å². The lowest BCUT2D eigenvalue weighted by atomic mass is 10.0. The van der Waals surface area contributed by atoms with E-state index in [0.29, 0.717) is 6.61 Å². The minimum Gasteiger partial charge on any atom is -0.497 e. The monoisotopic (exact) mass is 361 g/mol. The van der Waals surface area contributed by atoms with Crippen molar-refractivity contribution in [1.29, 1.82) is 0 Å². The van der Waals surface area contributed by atoms with Gasteiger partial charge in [0.15, 0.2) is 0 Å². The maximum atomic E-state index is 12.6. The number of aryl methyl sites for hydroxylation is 1. The normalized spacial score (nSPS) is 14.7. The molecule has 0 aliphatic carbocycles. The van der Waals surface area contributed by atoms with Gasteiger partial charge in [0, 0.05) is 12.0 Å². The van der Waals surface area contributed by atoms with E-state index in [9.17, 15) is 4.79 Å². The van der Waals surface area contributed by atoms with Crippen molar-refractivity contribution in [1.82, 2.24) is 0 Å². The van der Waals surface area contributed by atoms with Crippen molar-refractivity contribution >= 4 is 17.9 Å². The molecule has 0 spiro atoms.